The zero-order valence-corrected chi connectivity index (χ0v) is 5.81. The fraction of sp³-hybridized carbons (Fsp3) is 0. The van der Waals surface area contributed by atoms with Crippen LogP contribution in [0.15, 0.2) is 23.9 Å². The van der Waals surface area contributed by atoms with Crippen molar-refractivity contribution < 1.29 is 20.0 Å². The van der Waals surface area contributed by atoms with Gasteiger partial charge in [-0.15, -0.1) is 0 Å². The molecule has 0 saturated heterocycles. The Kier molecular flexibility index (Phi) is 3.00. The molecule has 64 valence electrons. The van der Waals surface area contributed by atoms with Crippen molar-refractivity contribution in [3.63, 3.8) is 0 Å². The first-order valence-corrected chi connectivity index (χ1v) is 2.74. The Bertz CT molecular complexity index is 301. The van der Waals surface area contributed by atoms with Crippen molar-refractivity contribution in [2.75, 3.05) is 0 Å². The molecule has 1 aliphatic carbocycles. The van der Waals surface area contributed by atoms with Crippen LogP contribution in [0.25, 0.3) is 0 Å². The molecule has 0 heterocycles. The van der Waals surface area contributed by atoms with Crippen LogP contribution in [-0.2, 0) is 9.59 Å². The van der Waals surface area contributed by atoms with Gasteiger partial charge in [-0.25, -0.2) is 0 Å². The van der Waals surface area contributed by atoms with Gasteiger partial charge in [-0.3, -0.25) is 19.7 Å². The van der Waals surface area contributed by atoms with Gasteiger partial charge in [0.2, 0.25) is 0 Å². The first-order chi connectivity index (χ1) is 5.11. The molecular formula is C6H5NO5. The van der Waals surface area contributed by atoms with Crippen molar-refractivity contribution in [1.29, 1.82) is 0 Å². The number of nitro groups is 1. The fourth-order valence-corrected chi connectivity index (χ4v) is 0.640. The van der Waals surface area contributed by atoms with E-state index in [1.54, 1.807) is 0 Å². The highest BCUT2D eigenvalue weighted by Crippen LogP contribution is 2.04. The number of hydrogen-bond donors (Lipinski definition) is 0. The second-order valence-electron chi connectivity index (χ2n) is 1.89. The van der Waals surface area contributed by atoms with Gasteiger partial charge >= 0.3 is 5.70 Å². The van der Waals surface area contributed by atoms with Crippen molar-refractivity contribution >= 4 is 11.6 Å². The van der Waals surface area contributed by atoms with Crippen LogP contribution in [0.3, 0.4) is 0 Å². The zero-order valence-electron chi connectivity index (χ0n) is 5.81. The second kappa shape index (κ2) is 3.54. The van der Waals surface area contributed by atoms with E-state index in [0.29, 0.717) is 6.08 Å². The van der Waals surface area contributed by atoms with Crippen molar-refractivity contribution in [1.82, 2.24) is 0 Å². The second-order valence-corrected chi connectivity index (χ2v) is 1.89. The van der Waals surface area contributed by atoms with Crippen LogP contribution in [0, 0.1) is 10.1 Å². The minimum Gasteiger partial charge on any atom is -0.412 e. The molecule has 0 bridgehead atoms. The minimum atomic E-state index is -0.871. The number of allylic oxidation sites excluding steroid dienone is 3. The van der Waals surface area contributed by atoms with Gasteiger partial charge in [-0.2, -0.15) is 0 Å². The van der Waals surface area contributed by atoms with Crippen molar-refractivity contribution in [2.24, 2.45) is 0 Å². The fourth-order valence-electron chi connectivity index (χ4n) is 0.640. The van der Waals surface area contributed by atoms with E-state index >= 15 is 0 Å². The third kappa shape index (κ3) is 1.83. The predicted molar refractivity (Wildman–Crippen MR) is 37.8 cm³/mol. The molecule has 0 unspecified atom stereocenters. The van der Waals surface area contributed by atoms with Gasteiger partial charge in [-0.1, -0.05) is 0 Å². The minimum absolute atomic E-state index is 0. The number of ketones is 2. The van der Waals surface area contributed by atoms with E-state index in [1.165, 1.54) is 0 Å². The number of nitrogens with zero attached hydrogens (tertiary/aromatic N) is 1. The van der Waals surface area contributed by atoms with Crippen LogP contribution in [0.5, 0.6) is 0 Å². The number of hydrogen-bond acceptors (Lipinski definition) is 4. The van der Waals surface area contributed by atoms with Crippen molar-refractivity contribution in [3.05, 3.63) is 34.0 Å². The van der Waals surface area contributed by atoms with Crippen molar-refractivity contribution in [3.8, 4) is 0 Å². The molecule has 0 aromatic carbocycles. The summed E-state index contributed by atoms with van der Waals surface area (Å²) < 4.78 is 0. The summed E-state index contributed by atoms with van der Waals surface area (Å²) >= 11 is 0. The quantitative estimate of drug-likeness (QED) is 0.287. The number of carbonyl (C=O) groups is 2. The molecule has 1 rings (SSSR count). The largest absolute Gasteiger partial charge is 0.412 e. The number of rotatable bonds is 1. The lowest BCUT2D eigenvalue weighted by atomic mass is 10.1. The monoisotopic (exact) mass is 171 g/mol. The third-order valence-electron chi connectivity index (χ3n) is 1.13. The molecule has 6 heteroatoms. The lowest BCUT2D eigenvalue weighted by Crippen LogP contribution is -2.14. The molecule has 12 heavy (non-hydrogen) atoms. The summed E-state index contributed by atoms with van der Waals surface area (Å²) in [5, 5.41) is 10.0. The lowest BCUT2D eigenvalue weighted by molar-refractivity contribution is -0.418. The van der Waals surface area contributed by atoms with Gasteiger partial charge in [0.05, 0.1) is 11.0 Å². The molecule has 0 aromatic heterocycles. The Morgan fingerprint density at radius 2 is 1.83 bits per heavy atom. The Balaban J connectivity index is 0.00000121. The molecule has 0 atom stereocenters. The van der Waals surface area contributed by atoms with E-state index in [-0.39, 0.29) is 5.48 Å². The maximum Gasteiger partial charge on any atom is 0.320 e. The molecule has 0 fully saturated rings. The lowest BCUT2D eigenvalue weighted by Gasteiger charge is -1.95. The molecule has 2 N–H and O–H groups in total. The molecule has 6 nitrogen and oxygen atoms in total. The van der Waals surface area contributed by atoms with E-state index in [1.807, 2.05) is 0 Å². The Labute approximate surface area is 66.6 Å². The molecule has 0 spiro atoms. The molecule has 1 aliphatic rings. The van der Waals surface area contributed by atoms with Crippen LogP contribution in [-0.4, -0.2) is 22.0 Å². The van der Waals surface area contributed by atoms with E-state index in [4.69, 9.17) is 0 Å². The highest BCUT2D eigenvalue weighted by atomic mass is 16.6. The smallest absolute Gasteiger partial charge is 0.320 e. The van der Waals surface area contributed by atoms with Gasteiger partial charge < -0.3 is 5.48 Å². The summed E-state index contributed by atoms with van der Waals surface area (Å²) in [6, 6.07) is 0. The summed E-state index contributed by atoms with van der Waals surface area (Å²) in [5.74, 6) is -1.27. The van der Waals surface area contributed by atoms with Gasteiger partial charge in [-0.05, 0) is 12.2 Å². The molecule has 0 amide bonds. The zero-order chi connectivity index (χ0) is 8.43. The molecule has 0 saturated carbocycles. The standard InChI is InChI=1S/C6H3NO4.H2O/c8-4-1-2-6(9)5(3-4)7(10)11;/h1-3H;1H2. The predicted octanol–water partition coefficient (Wildman–Crippen LogP) is -0.970. The summed E-state index contributed by atoms with van der Waals surface area (Å²) in [7, 11) is 0. The topological polar surface area (TPSA) is 109 Å². The molecule has 0 aliphatic heterocycles. The summed E-state index contributed by atoms with van der Waals surface area (Å²) in [4.78, 5) is 30.3. The third-order valence-corrected chi connectivity index (χ3v) is 1.13. The highest BCUT2D eigenvalue weighted by Gasteiger charge is 2.23. The van der Waals surface area contributed by atoms with Crippen LogP contribution in [0.4, 0.5) is 0 Å². The highest BCUT2D eigenvalue weighted by molar-refractivity contribution is 6.16. The van der Waals surface area contributed by atoms with Crippen molar-refractivity contribution in [2.45, 2.75) is 0 Å². The van der Waals surface area contributed by atoms with Crippen LogP contribution in [0.2, 0.25) is 0 Å². The summed E-state index contributed by atoms with van der Waals surface area (Å²) in [6.07, 6.45) is 2.60. The van der Waals surface area contributed by atoms with E-state index in [9.17, 15) is 19.7 Å². The first kappa shape index (κ1) is 10.2. The average Bonchev–Trinajstić information content (AvgIpc) is 1.94. The molecule has 0 aromatic rings. The van der Waals surface area contributed by atoms with Gasteiger partial charge in [0.1, 0.15) is 0 Å². The van der Waals surface area contributed by atoms with Gasteiger partial charge in [0.25, 0.3) is 5.78 Å². The van der Waals surface area contributed by atoms with E-state index < -0.39 is 22.2 Å². The maximum atomic E-state index is 10.6. The van der Waals surface area contributed by atoms with Crippen LogP contribution < -0.4 is 0 Å². The Morgan fingerprint density at radius 3 is 2.25 bits per heavy atom. The SMILES string of the molecule is O.O=C1C=CC(=O)C([N+](=O)[O-])=C1. The average molecular weight is 171 g/mol. The molecule has 0 radical (unpaired) electrons. The van der Waals surface area contributed by atoms with Gasteiger partial charge in [0, 0.05) is 0 Å². The normalized spacial score (nSPS) is 15.2. The Hall–Kier alpha value is -1.82. The number of carbonyl (C=O) groups excluding carboxylic acids is 2. The maximum absolute atomic E-state index is 10.6. The van der Waals surface area contributed by atoms with Gasteiger partial charge in [0.15, 0.2) is 5.78 Å². The Morgan fingerprint density at radius 1 is 1.25 bits per heavy atom. The summed E-state index contributed by atoms with van der Waals surface area (Å²) in [6.45, 7) is 0. The van der Waals surface area contributed by atoms with Crippen LogP contribution in [0.1, 0.15) is 0 Å². The van der Waals surface area contributed by atoms with E-state index in [2.05, 4.69) is 0 Å². The van der Waals surface area contributed by atoms with E-state index in [0.717, 1.165) is 12.2 Å². The van der Waals surface area contributed by atoms with Crippen LogP contribution >= 0.6 is 0 Å². The first-order valence-electron chi connectivity index (χ1n) is 2.74. The molecular weight excluding hydrogens is 166 g/mol. The summed E-state index contributed by atoms with van der Waals surface area (Å²) in [5.41, 5.74) is -0.669.